The lowest BCUT2D eigenvalue weighted by atomic mass is 9.91. The molecule has 1 N–H and O–H groups in total. The molecule has 1 aliphatic rings. The van der Waals surface area contributed by atoms with E-state index in [1.54, 1.807) is 24.3 Å². The number of carbonyl (C=O) groups is 1. The van der Waals surface area contributed by atoms with Gasteiger partial charge < -0.3 is 9.15 Å². The molecule has 7 nitrogen and oxygen atoms in total. The number of fused-ring (bicyclic) bond motifs is 3. The Labute approximate surface area is 199 Å². The minimum Gasteiger partial charge on any atom is -0.425 e. The summed E-state index contributed by atoms with van der Waals surface area (Å²) in [5, 5.41) is 0.844. The number of hydrogen-bond donors (Lipinski definition) is 1. The number of carbonyl (C=O) groups excluding carboxylic acids is 1. The van der Waals surface area contributed by atoms with E-state index < -0.39 is 22.0 Å². The van der Waals surface area contributed by atoms with E-state index in [1.165, 1.54) is 18.2 Å². The van der Waals surface area contributed by atoms with Gasteiger partial charge in [0.1, 0.15) is 17.4 Å². The Hall–Kier alpha value is -2.97. The van der Waals surface area contributed by atoms with Crippen molar-refractivity contribution in [2.45, 2.75) is 69.7 Å². The number of hydrogen-bond acceptors (Lipinski definition) is 6. The zero-order valence-corrected chi connectivity index (χ0v) is 20.2. The molecule has 1 aliphatic carbocycles. The molecule has 34 heavy (non-hydrogen) atoms. The molecule has 1 aromatic heterocycles. The van der Waals surface area contributed by atoms with Gasteiger partial charge in [0.15, 0.2) is 0 Å². The summed E-state index contributed by atoms with van der Waals surface area (Å²) >= 11 is 0. The third-order valence-corrected chi connectivity index (χ3v) is 7.66. The quantitative estimate of drug-likeness (QED) is 0.289. The van der Waals surface area contributed by atoms with Crippen LogP contribution in [0.5, 0.6) is 5.75 Å². The Morgan fingerprint density at radius 3 is 2.50 bits per heavy atom. The Bertz CT molecular complexity index is 1360. The molecular formula is C26H29NO6S. The number of ether oxygens (including phenoxy) is 1. The van der Waals surface area contributed by atoms with Crippen LogP contribution in [0.25, 0.3) is 11.0 Å². The lowest BCUT2D eigenvalue weighted by molar-refractivity contribution is -0.136. The molecule has 4 rings (SSSR count). The maximum absolute atomic E-state index is 13.0. The number of sulfonamides is 1. The van der Waals surface area contributed by atoms with Crippen LogP contribution in [0.2, 0.25) is 0 Å². The molecule has 0 saturated heterocycles. The van der Waals surface area contributed by atoms with Gasteiger partial charge in [0, 0.05) is 17.0 Å². The summed E-state index contributed by atoms with van der Waals surface area (Å²) in [5.41, 5.74) is 2.68. The molecule has 0 aliphatic heterocycles. The number of aryl methyl sites for hydroxylation is 2. The standard InChI is InChI=1S/C26H29NO6S/c1-3-4-9-23(27-34(30,31)19-13-10-17(2)11-14-19)26(29)32-18-12-15-21-20-7-5-6-8-22(20)25(28)33-24(21)16-18/h10-16,23,27H,3-9H2,1-2H3/t23-/m0/s1. The molecule has 1 atom stereocenters. The number of esters is 1. The summed E-state index contributed by atoms with van der Waals surface area (Å²) in [6.07, 6.45) is 5.26. The van der Waals surface area contributed by atoms with Gasteiger partial charge in [0.25, 0.3) is 0 Å². The average Bonchev–Trinajstić information content (AvgIpc) is 2.82. The molecule has 0 amide bonds. The molecule has 8 heteroatoms. The van der Waals surface area contributed by atoms with Crippen LogP contribution in [0.4, 0.5) is 0 Å². The Morgan fingerprint density at radius 2 is 1.79 bits per heavy atom. The Kier molecular flexibility index (Phi) is 7.19. The summed E-state index contributed by atoms with van der Waals surface area (Å²) in [6.45, 7) is 3.83. The van der Waals surface area contributed by atoms with Crippen molar-refractivity contribution in [2.24, 2.45) is 0 Å². The van der Waals surface area contributed by atoms with Crippen LogP contribution in [-0.2, 0) is 27.7 Å². The average molecular weight is 484 g/mol. The maximum Gasteiger partial charge on any atom is 0.339 e. The zero-order valence-electron chi connectivity index (χ0n) is 19.4. The summed E-state index contributed by atoms with van der Waals surface area (Å²) in [5.74, 6) is -0.503. The molecule has 0 saturated carbocycles. The fraction of sp³-hybridized carbons (Fsp3) is 0.385. The maximum atomic E-state index is 13.0. The first-order valence-electron chi connectivity index (χ1n) is 11.7. The minimum absolute atomic E-state index is 0.0876. The highest BCUT2D eigenvalue weighted by Gasteiger charge is 2.27. The highest BCUT2D eigenvalue weighted by Crippen LogP contribution is 2.29. The monoisotopic (exact) mass is 483 g/mol. The highest BCUT2D eigenvalue weighted by atomic mass is 32.2. The van der Waals surface area contributed by atoms with Crippen molar-refractivity contribution in [1.29, 1.82) is 0 Å². The third-order valence-electron chi connectivity index (χ3n) is 6.17. The molecule has 0 unspecified atom stereocenters. The number of nitrogens with one attached hydrogen (secondary N) is 1. The topological polar surface area (TPSA) is 103 Å². The van der Waals surface area contributed by atoms with Crippen molar-refractivity contribution >= 4 is 27.0 Å². The normalized spacial score (nSPS) is 14.5. The Morgan fingerprint density at radius 1 is 1.09 bits per heavy atom. The molecule has 180 valence electrons. The van der Waals surface area contributed by atoms with Gasteiger partial charge in [-0.3, -0.25) is 0 Å². The SMILES string of the molecule is CCCC[C@H](NS(=O)(=O)c1ccc(C)cc1)C(=O)Oc1ccc2c3c(c(=O)oc2c1)CCCC3. The molecule has 2 aromatic carbocycles. The van der Waals surface area contributed by atoms with Crippen molar-refractivity contribution in [3.63, 3.8) is 0 Å². The van der Waals surface area contributed by atoms with Gasteiger partial charge in [-0.05, 0) is 68.9 Å². The smallest absolute Gasteiger partial charge is 0.339 e. The number of unbranched alkanes of at least 4 members (excludes halogenated alkanes) is 1. The molecule has 0 bridgehead atoms. The number of benzene rings is 2. The fourth-order valence-corrected chi connectivity index (χ4v) is 5.50. The first-order chi connectivity index (χ1) is 16.3. The van der Waals surface area contributed by atoms with Crippen LogP contribution in [0.15, 0.2) is 56.6 Å². The van der Waals surface area contributed by atoms with Crippen LogP contribution in [-0.4, -0.2) is 20.4 Å². The second kappa shape index (κ2) is 10.1. The van der Waals surface area contributed by atoms with E-state index in [9.17, 15) is 18.0 Å². The lowest BCUT2D eigenvalue weighted by Gasteiger charge is -2.18. The van der Waals surface area contributed by atoms with Crippen molar-refractivity contribution in [2.75, 3.05) is 0 Å². The first-order valence-corrected chi connectivity index (χ1v) is 13.2. The van der Waals surface area contributed by atoms with Crippen LogP contribution in [0.1, 0.15) is 55.7 Å². The van der Waals surface area contributed by atoms with E-state index in [0.717, 1.165) is 47.8 Å². The lowest BCUT2D eigenvalue weighted by Crippen LogP contribution is -2.42. The van der Waals surface area contributed by atoms with E-state index >= 15 is 0 Å². The van der Waals surface area contributed by atoms with Gasteiger partial charge in [-0.1, -0.05) is 37.5 Å². The second-order valence-corrected chi connectivity index (χ2v) is 10.5. The molecule has 0 radical (unpaired) electrons. The Balaban J connectivity index is 1.57. The van der Waals surface area contributed by atoms with Gasteiger partial charge in [-0.2, -0.15) is 4.72 Å². The first kappa shape index (κ1) is 24.2. The minimum atomic E-state index is -3.91. The van der Waals surface area contributed by atoms with Crippen molar-refractivity contribution in [1.82, 2.24) is 4.72 Å². The molecular weight excluding hydrogens is 454 g/mol. The molecule has 3 aromatic rings. The van der Waals surface area contributed by atoms with Crippen LogP contribution >= 0.6 is 0 Å². The number of rotatable bonds is 8. The van der Waals surface area contributed by atoms with Gasteiger partial charge in [-0.25, -0.2) is 18.0 Å². The molecule has 1 heterocycles. The van der Waals surface area contributed by atoms with E-state index in [2.05, 4.69) is 4.72 Å². The van der Waals surface area contributed by atoms with Gasteiger partial charge >= 0.3 is 11.6 Å². The van der Waals surface area contributed by atoms with Gasteiger partial charge in [0.05, 0.1) is 4.90 Å². The largest absolute Gasteiger partial charge is 0.425 e. The van der Waals surface area contributed by atoms with Crippen molar-refractivity contribution < 1.29 is 22.4 Å². The summed E-state index contributed by atoms with van der Waals surface area (Å²) in [6, 6.07) is 10.3. The van der Waals surface area contributed by atoms with E-state index in [4.69, 9.17) is 9.15 Å². The van der Waals surface area contributed by atoms with Crippen LogP contribution in [0.3, 0.4) is 0 Å². The summed E-state index contributed by atoms with van der Waals surface area (Å²) in [4.78, 5) is 25.5. The van der Waals surface area contributed by atoms with Crippen molar-refractivity contribution in [3.05, 3.63) is 69.6 Å². The van der Waals surface area contributed by atoms with Crippen molar-refractivity contribution in [3.8, 4) is 5.75 Å². The molecule has 0 spiro atoms. The predicted octanol–water partition coefficient (Wildman–Crippen LogP) is 4.42. The highest BCUT2D eigenvalue weighted by molar-refractivity contribution is 7.89. The van der Waals surface area contributed by atoms with E-state index in [0.29, 0.717) is 24.8 Å². The van der Waals surface area contributed by atoms with Gasteiger partial charge in [0.2, 0.25) is 10.0 Å². The van der Waals surface area contributed by atoms with Crippen LogP contribution in [0, 0.1) is 6.92 Å². The second-order valence-electron chi connectivity index (χ2n) is 8.76. The predicted molar refractivity (Wildman–Crippen MR) is 130 cm³/mol. The van der Waals surface area contributed by atoms with E-state index in [1.807, 2.05) is 13.8 Å². The zero-order chi connectivity index (χ0) is 24.3. The third kappa shape index (κ3) is 5.23. The summed E-state index contributed by atoms with van der Waals surface area (Å²) in [7, 11) is -3.91. The van der Waals surface area contributed by atoms with Gasteiger partial charge in [-0.15, -0.1) is 0 Å². The van der Waals surface area contributed by atoms with Crippen LogP contribution < -0.4 is 15.1 Å². The summed E-state index contributed by atoms with van der Waals surface area (Å²) < 4.78 is 39.2. The fourth-order valence-electron chi connectivity index (χ4n) is 4.28. The molecule has 0 fully saturated rings. The van der Waals surface area contributed by atoms with E-state index in [-0.39, 0.29) is 16.3 Å².